The smallest absolute Gasteiger partial charge is 0.491 e. The Kier molecular flexibility index (Phi) is 6.37. The van der Waals surface area contributed by atoms with E-state index >= 15 is 0 Å². The molecule has 12 heteroatoms. The molecule has 0 radical (unpaired) electrons. The first-order valence-electron chi connectivity index (χ1n) is 10.4. The zero-order valence-corrected chi connectivity index (χ0v) is 18.2. The van der Waals surface area contributed by atoms with Crippen LogP contribution in [0.4, 0.5) is 17.6 Å². The first-order valence-corrected chi connectivity index (χ1v) is 10.4. The van der Waals surface area contributed by atoms with Gasteiger partial charge in [0, 0.05) is 18.8 Å². The van der Waals surface area contributed by atoms with Crippen LogP contribution in [0.1, 0.15) is 45.4 Å². The van der Waals surface area contributed by atoms with E-state index < -0.39 is 35.3 Å². The maximum Gasteiger partial charge on any atom is 0.573 e. The van der Waals surface area contributed by atoms with Crippen LogP contribution in [0, 0.1) is 5.82 Å². The Hall–Kier alpha value is -4.09. The number of rotatable bonds is 6. The van der Waals surface area contributed by atoms with Gasteiger partial charge in [0.25, 0.3) is 5.91 Å². The number of esters is 1. The monoisotopic (exact) mass is 493 g/mol. The number of pyridine rings is 1. The van der Waals surface area contributed by atoms with Gasteiger partial charge in [-0.1, -0.05) is 6.07 Å². The van der Waals surface area contributed by atoms with Gasteiger partial charge in [-0.25, -0.2) is 9.18 Å². The summed E-state index contributed by atoms with van der Waals surface area (Å²) >= 11 is 0. The van der Waals surface area contributed by atoms with Crippen LogP contribution in [0.2, 0.25) is 0 Å². The fraction of sp³-hybridized carbons (Fsp3) is 0.261. The molecule has 0 spiro atoms. The number of aromatic nitrogens is 2. The van der Waals surface area contributed by atoms with Crippen LogP contribution in [0.5, 0.6) is 11.5 Å². The lowest BCUT2D eigenvalue weighted by Gasteiger charge is -2.39. The van der Waals surface area contributed by atoms with Crippen molar-refractivity contribution in [3.63, 3.8) is 0 Å². The molecule has 35 heavy (non-hydrogen) atoms. The molecule has 0 aliphatic carbocycles. The summed E-state index contributed by atoms with van der Waals surface area (Å²) in [6, 6.07) is 7.41. The number of H-pyrrole nitrogens is 1. The molecule has 0 saturated heterocycles. The number of carbonyl (C=O) groups is 2. The number of hydrogen-bond donors (Lipinski definition) is 2. The van der Waals surface area contributed by atoms with E-state index in [0.717, 1.165) is 12.1 Å². The third-order valence-electron chi connectivity index (χ3n) is 5.33. The fourth-order valence-corrected chi connectivity index (χ4v) is 3.83. The average Bonchev–Trinajstić information content (AvgIpc) is 3.31. The molecule has 4 rings (SSSR count). The SMILES string of the molecule is CCOC(=O)c1cc(C(=O)N[C@]2(c3ccc(OC(F)(F)F)c(F)c3)CCOc3cccnc32)c[nH]1. The molecule has 184 valence electrons. The Bertz CT molecular complexity index is 1260. The summed E-state index contributed by atoms with van der Waals surface area (Å²) in [5, 5.41) is 2.82. The first-order chi connectivity index (χ1) is 16.6. The van der Waals surface area contributed by atoms with Gasteiger partial charge >= 0.3 is 12.3 Å². The normalized spacial score (nSPS) is 17.2. The van der Waals surface area contributed by atoms with Crippen LogP contribution in [0.15, 0.2) is 48.8 Å². The summed E-state index contributed by atoms with van der Waals surface area (Å²) < 4.78 is 66.7. The second-order valence-electron chi connectivity index (χ2n) is 7.52. The summed E-state index contributed by atoms with van der Waals surface area (Å²) in [5.74, 6) is -3.27. The number of ether oxygens (including phenoxy) is 3. The second kappa shape index (κ2) is 9.28. The molecule has 8 nitrogen and oxygen atoms in total. The van der Waals surface area contributed by atoms with E-state index in [0.29, 0.717) is 5.75 Å². The van der Waals surface area contributed by atoms with Crippen LogP contribution in [-0.2, 0) is 10.3 Å². The number of amides is 1. The van der Waals surface area contributed by atoms with E-state index in [4.69, 9.17) is 9.47 Å². The van der Waals surface area contributed by atoms with Crippen molar-refractivity contribution in [2.45, 2.75) is 25.2 Å². The number of benzene rings is 1. The maximum atomic E-state index is 14.7. The quantitative estimate of drug-likeness (QED) is 0.396. The molecule has 1 atom stereocenters. The average molecular weight is 493 g/mol. The highest BCUT2D eigenvalue weighted by atomic mass is 19.4. The lowest BCUT2D eigenvalue weighted by atomic mass is 9.81. The number of aromatic amines is 1. The molecule has 3 heterocycles. The molecule has 1 aliphatic heterocycles. The van der Waals surface area contributed by atoms with E-state index in [1.807, 2.05) is 0 Å². The lowest BCUT2D eigenvalue weighted by molar-refractivity contribution is -0.275. The molecule has 2 N–H and O–H groups in total. The van der Waals surface area contributed by atoms with Crippen molar-refractivity contribution in [3.05, 3.63) is 77.1 Å². The van der Waals surface area contributed by atoms with Crippen molar-refractivity contribution in [3.8, 4) is 11.5 Å². The predicted molar refractivity (Wildman–Crippen MR) is 112 cm³/mol. The lowest BCUT2D eigenvalue weighted by Crippen LogP contribution is -2.50. The van der Waals surface area contributed by atoms with Gasteiger partial charge in [0.05, 0.1) is 18.8 Å². The Morgan fingerprint density at radius 1 is 1.26 bits per heavy atom. The Balaban J connectivity index is 1.75. The summed E-state index contributed by atoms with van der Waals surface area (Å²) in [7, 11) is 0. The Labute approximate surface area is 196 Å². The fourth-order valence-electron chi connectivity index (χ4n) is 3.83. The third kappa shape index (κ3) is 4.91. The van der Waals surface area contributed by atoms with Crippen LogP contribution in [-0.4, -0.2) is 41.4 Å². The molecule has 0 bridgehead atoms. The van der Waals surface area contributed by atoms with E-state index in [-0.39, 0.29) is 42.1 Å². The number of nitrogens with one attached hydrogen (secondary N) is 2. The van der Waals surface area contributed by atoms with Crippen molar-refractivity contribution < 1.29 is 41.4 Å². The minimum absolute atomic E-state index is 0.0521. The zero-order valence-electron chi connectivity index (χ0n) is 18.2. The molecule has 1 aromatic carbocycles. The van der Waals surface area contributed by atoms with Gasteiger partial charge in [-0.3, -0.25) is 9.78 Å². The van der Waals surface area contributed by atoms with Crippen molar-refractivity contribution in [1.82, 2.24) is 15.3 Å². The van der Waals surface area contributed by atoms with Crippen LogP contribution < -0.4 is 14.8 Å². The molecule has 2 aromatic heterocycles. The molecule has 3 aromatic rings. The Morgan fingerprint density at radius 2 is 2.06 bits per heavy atom. The van der Waals surface area contributed by atoms with Gasteiger partial charge in [-0.05, 0) is 42.8 Å². The highest BCUT2D eigenvalue weighted by Crippen LogP contribution is 2.42. The van der Waals surface area contributed by atoms with Crippen molar-refractivity contribution in [2.75, 3.05) is 13.2 Å². The summed E-state index contributed by atoms with van der Waals surface area (Å²) in [5.41, 5.74) is -0.956. The molecule has 1 aliphatic rings. The zero-order chi connectivity index (χ0) is 25.2. The number of halogens is 4. The molecule has 0 unspecified atom stereocenters. The largest absolute Gasteiger partial charge is 0.573 e. The van der Waals surface area contributed by atoms with Gasteiger partial charge in [0.15, 0.2) is 11.6 Å². The number of hydrogen-bond acceptors (Lipinski definition) is 6. The number of nitrogens with zero attached hydrogens (tertiary/aromatic N) is 1. The summed E-state index contributed by atoms with van der Waals surface area (Å²) in [6.07, 6.45) is -2.24. The highest BCUT2D eigenvalue weighted by Gasteiger charge is 2.43. The minimum atomic E-state index is -5.08. The topological polar surface area (TPSA) is 103 Å². The molecule has 0 saturated carbocycles. The van der Waals surface area contributed by atoms with Gasteiger partial charge in [0.1, 0.15) is 22.7 Å². The van der Waals surface area contributed by atoms with Crippen molar-refractivity contribution in [2.24, 2.45) is 0 Å². The van der Waals surface area contributed by atoms with Gasteiger partial charge < -0.3 is 24.5 Å². The van der Waals surface area contributed by atoms with E-state index in [1.54, 1.807) is 19.1 Å². The van der Waals surface area contributed by atoms with Crippen molar-refractivity contribution in [1.29, 1.82) is 0 Å². The standard InChI is InChI=1S/C23H19F4N3O5/c1-2-33-21(32)16-10-13(12-29-16)20(31)30-22(7-9-34-18-4-3-8-28-19(18)22)14-5-6-17(15(24)11-14)35-23(25,26)27/h3-6,8,10-12,29H,2,7,9H2,1H3,(H,30,31)/t22-/m0/s1. The van der Waals surface area contributed by atoms with E-state index in [2.05, 4.69) is 20.0 Å². The minimum Gasteiger partial charge on any atom is -0.491 e. The van der Waals surface area contributed by atoms with Gasteiger partial charge in [-0.2, -0.15) is 0 Å². The molecule has 1 amide bonds. The molecule has 0 fully saturated rings. The van der Waals surface area contributed by atoms with Crippen LogP contribution in [0.3, 0.4) is 0 Å². The van der Waals surface area contributed by atoms with E-state index in [9.17, 15) is 27.2 Å². The first kappa shape index (κ1) is 24.0. The van der Waals surface area contributed by atoms with Gasteiger partial charge in [-0.15, -0.1) is 13.2 Å². The highest BCUT2D eigenvalue weighted by molar-refractivity contribution is 5.98. The number of fused-ring (bicyclic) bond motifs is 1. The van der Waals surface area contributed by atoms with Crippen LogP contribution in [0.25, 0.3) is 0 Å². The summed E-state index contributed by atoms with van der Waals surface area (Å²) in [4.78, 5) is 32.1. The molecular formula is C23H19F4N3O5. The number of carbonyl (C=O) groups excluding carboxylic acids is 2. The Morgan fingerprint density at radius 3 is 2.77 bits per heavy atom. The molecular weight excluding hydrogens is 474 g/mol. The van der Waals surface area contributed by atoms with Crippen LogP contribution >= 0.6 is 0 Å². The summed E-state index contributed by atoms with van der Waals surface area (Å²) in [6.45, 7) is 1.88. The van der Waals surface area contributed by atoms with Gasteiger partial charge in [0.2, 0.25) is 0 Å². The predicted octanol–water partition coefficient (Wildman–Crippen LogP) is 4.08. The number of alkyl halides is 3. The maximum absolute atomic E-state index is 14.7. The third-order valence-corrected chi connectivity index (χ3v) is 5.33. The second-order valence-corrected chi connectivity index (χ2v) is 7.52. The van der Waals surface area contributed by atoms with Crippen molar-refractivity contribution >= 4 is 11.9 Å². The van der Waals surface area contributed by atoms with E-state index in [1.165, 1.54) is 24.5 Å².